The first-order chi connectivity index (χ1) is 9.70. The third kappa shape index (κ3) is 3.70. The maximum Gasteiger partial charge on any atom is 0.223 e. The maximum atomic E-state index is 11.8. The van der Waals surface area contributed by atoms with E-state index in [0.717, 1.165) is 18.5 Å². The Balaban J connectivity index is 2.03. The Labute approximate surface area is 119 Å². The van der Waals surface area contributed by atoms with Crippen LogP contribution in [0.5, 0.6) is 0 Å². The van der Waals surface area contributed by atoms with Crippen molar-refractivity contribution in [3.05, 3.63) is 53.9 Å². The first kappa shape index (κ1) is 14.3. The summed E-state index contributed by atoms with van der Waals surface area (Å²) < 4.78 is 1.88. The molecule has 1 N–H and O–H groups in total. The number of aromatic nitrogens is 2. The average Bonchev–Trinajstić information content (AvgIpc) is 2.98. The Morgan fingerprint density at radius 3 is 2.70 bits per heavy atom. The first-order valence-electron chi connectivity index (χ1n) is 7.02. The zero-order valence-corrected chi connectivity index (χ0v) is 12.0. The van der Waals surface area contributed by atoms with Gasteiger partial charge in [0.25, 0.3) is 0 Å². The van der Waals surface area contributed by atoms with Crippen LogP contribution in [0.4, 0.5) is 0 Å². The molecule has 1 atom stereocenters. The smallest absolute Gasteiger partial charge is 0.223 e. The van der Waals surface area contributed by atoms with E-state index >= 15 is 0 Å². The summed E-state index contributed by atoms with van der Waals surface area (Å²) in [5, 5.41) is 7.22. The average molecular weight is 271 g/mol. The van der Waals surface area contributed by atoms with Gasteiger partial charge in [-0.05, 0) is 23.6 Å². The van der Waals surface area contributed by atoms with Gasteiger partial charge in [-0.15, -0.1) is 0 Å². The fourth-order valence-corrected chi connectivity index (χ4v) is 1.99. The number of carbonyl (C=O) groups is 1. The highest BCUT2D eigenvalue weighted by Crippen LogP contribution is 2.11. The SMILES string of the molecule is CC[C@@H](C)C(=O)NCc1ccccc1Cn1cccn1. The van der Waals surface area contributed by atoms with Crippen LogP contribution in [-0.2, 0) is 17.9 Å². The van der Waals surface area contributed by atoms with Gasteiger partial charge in [-0.2, -0.15) is 5.10 Å². The number of hydrogen-bond acceptors (Lipinski definition) is 2. The van der Waals surface area contributed by atoms with Crippen LogP contribution in [0, 0.1) is 5.92 Å². The summed E-state index contributed by atoms with van der Waals surface area (Å²) in [4.78, 5) is 11.8. The minimum atomic E-state index is 0.0632. The molecule has 4 nitrogen and oxygen atoms in total. The highest BCUT2D eigenvalue weighted by molar-refractivity contribution is 5.78. The minimum absolute atomic E-state index is 0.0632. The Morgan fingerprint density at radius 1 is 1.30 bits per heavy atom. The van der Waals surface area contributed by atoms with Gasteiger partial charge in [0.2, 0.25) is 5.91 Å². The molecule has 0 unspecified atom stereocenters. The second-order valence-electron chi connectivity index (χ2n) is 5.00. The molecule has 2 aromatic rings. The second-order valence-corrected chi connectivity index (χ2v) is 5.00. The summed E-state index contributed by atoms with van der Waals surface area (Å²) in [6.45, 7) is 5.27. The lowest BCUT2D eigenvalue weighted by molar-refractivity contribution is -0.124. The summed E-state index contributed by atoms with van der Waals surface area (Å²) in [5.41, 5.74) is 2.32. The first-order valence-corrected chi connectivity index (χ1v) is 7.02. The van der Waals surface area contributed by atoms with Gasteiger partial charge in [-0.25, -0.2) is 0 Å². The summed E-state index contributed by atoms with van der Waals surface area (Å²) in [6, 6.07) is 10.0. The van der Waals surface area contributed by atoms with Crippen molar-refractivity contribution in [2.45, 2.75) is 33.4 Å². The highest BCUT2D eigenvalue weighted by atomic mass is 16.1. The third-order valence-corrected chi connectivity index (χ3v) is 3.52. The molecule has 2 rings (SSSR count). The molecule has 106 valence electrons. The van der Waals surface area contributed by atoms with Crippen LogP contribution in [0.2, 0.25) is 0 Å². The van der Waals surface area contributed by atoms with Crippen molar-refractivity contribution in [2.24, 2.45) is 5.92 Å². The zero-order valence-electron chi connectivity index (χ0n) is 12.0. The van der Waals surface area contributed by atoms with Crippen LogP contribution in [0.25, 0.3) is 0 Å². The van der Waals surface area contributed by atoms with Crippen LogP contribution < -0.4 is 5.32 Å². The van der Waals surface area contributed by atoms with Crippen molar-refractivity contribution >= 4 is 5.91 Å². The Morgan fingerprint density at radius 2 is 2.05 bits per heavy atom. The Bertz CT molecular complexity index is 549. The lowest BCUT2D eigenvalue weighted by atomic mass is 10.1. The minimum Gasteiger partial charge on any atom is -0.352 e. The molecule has 1 aromatic carbocycles. The standard InChI is InChI=1S/C16H21N3O/c1-3-13(2)16(20)17-11-14-7-4-5-8-15(14)12-19-10-6-9-18-19/h4-10,13H,3,11-12H2,1-2H3,(H,17,20)/t13-/m1/s1. The Kier molecular flexibility index (Phi) is 4.93. The van der Waals surface area contributed by atoms with E-state index in [9.17, 15) is 4.79 Å². The fraction of sp³-hybridized carbons (Fsp3) is 0.375. The molecule has 0 fully saturated rings. The van der Waals surface area contributed by atoms with Crippen LogP contribution in [0.3, 0.4) is 0 Å². The number of amides is 1. The van der Waals surface area contributed by atoms with Gasteiger partial charge in [-0.1, -0.05) is 38.1 Å². The van der Waals surface area contributed by atoms with Crippen LogP contribution in [0.1, 0.15) is 31.4 Å². The van der Waals surface area contributed by atoms with E-state index in [4.69, 9.17) is 0 Å². The van der Waals surface area contributed by atoms with Crippen molar-refractivity contribution in [1.29, 1.82) is 0 Å². The quantitative estimate of drug-likeness (QED) is 0.878. The molecular weight excluding hydrogens is 250 g/mol. The Hall–Kier alpha value is -2.10. The van der Waals surface area contributed by atoms with Crippen molar-refractivity contribution in [3.63, 3.8) is 0 Å². The van der Waals surface area contributed by atoms with E-state index < -0.39 is 0 Å². The number of hydrogen-bond donors (Lipinski definition) is 1. The molecule has 20 heavy (non-hydrogen) atoms. The fourth-order valence-electron chi connectivity index (χ4n) is 1.99. The number of nitrogens with one attached hydrogen (secondary N) is 1. The molecular formula is C16H21N3O. The van der Waals surface area contributed by atoms with Crippen molar-refractivity contribution < 1.29 is 4.79 Å². The molecule has 0 saturated carbocycles. The van der Waals surface area contributed by atoms with Gasteiger partial charge < -0.3 is 5.32 Å². The van der Waals surface area contributed by atoms with Crippen LogP contribution in [0.15, 0.2) is 42.7 Å². The topological polar surface area (TPSA) is 46.9 Å². The molecule has 1 aromatic heterocycles. The second kappa shape index (κ2) is 6.89. The van der Waals surface area contributed by atoms with Gasteiger partial charge in [0.05, 0.1) is 6.54 Å². The molecule has 1 amide bonds. The zero-order chi connectivity index (χ0) is 14.4. The molecule has 0 saturated heterocycles. The molecule has 0 spiro atoms. The van der Waals surface area contributed by atoms with E-state index in [-0.39, 0.29) is 11.8 Å². The van der Waals surface area contributed by atoms with Gasteiger partial charge in [-0.3, -0.25) is 9.48 Å². The number of benzene rings is 1. The summed E-state index contributed by atoms with van der Waals surface area (Å²) in [5.74, 6) is 0.176. The number of rotatable bonds is 6. The third-order valence-electron chi connectivity index (χ3n) is 3.52. The number of carbonyl (C=O) groups excluding carboxylic acids is 1. The maximum absolute atomic E-state index is 11.8. The van der Waals surface area contributed by atoms with Crippen molar-refractivity contribution in [2.75, 3.05) is 0 Å². The molecule has 0 aliphatic heterocycles. The predicted molar refractivity (Wildman–Crippen MR) is 79.1 cm³/mol. The van der Waals surface area contributed by atoms with E-state index in [1.807, 2.05) is 42.9 Å². The predicted octanol–water partition coefficient (Wildman–Crippen LogP) is 2.59. The van der Waals surface area contributed by atoms with Gasteiger partial charge in [0, 0.05) is 24.9 Å². The molecule has 0 aliphatic carbocycles. The summed E-state index contributed by atoms with van der Waals surface area (Å²) >= 11 is 0. The van der Waals surface area contributed by atoms with E-state index in [2.05, 4.69) is 22.5 Å². The molecule has 1 heterocycles. The number of nitrogens with zero attached hydrogens (tertiary/aromatic N) is 2. The lowest BCUT2D eigenvalue weighted by Gasteiger charge is -2.13. The van der Waals surface area contributed by atoms with E-state index in [1.165, 1.54) is 5.56 Å². The van der Waals surface area contributed by atoms with Crippen LogP contribution >= 0.6 is 0 Å². The molecule has 0 aliphatic rings. The summed E-state index contributed by atoms with van der Waals surface area (Å²) in [7, 11) is 0. The van der Waals surface area contributed by atoms with Gasteiger partial charge in [0.1, 0.15) is 0 Å². The largest absolute Gasteiger partial charge is 0.352 e. The van der Waals surface area contributed by atoms with Crippen LogP contribution in [-0.4, -0.2) is 15.7 Å². The molecule has 0 bridgehead atoms. The monoisotopic (exact) mass is 271 g/mol. The van der Waals surface area contributed by atoms with Gasteiger partial charge in [0.15, 0.2) is 0 Å². The van der Waals surface area contributed by atoms with E-state index in [0.29, 0.717) is 6.54 Å². The van der Waals surface area contributed by atoms with Crippen molar-refractivity contribution in [1.82, 2.24) is 15.1 Å². The summed E-state index contributed by atoms with van der Waals surface area (Å²) in [6.07, 6.45) is 4.57. The van der Waals surface area contributed by atoms with Crippen molar-refractivity contribution in [3.8, 4) is 0 Å². The van der Waals surface area contributed by atoms with E-state index in [1.54, 1.807) is 6.20 Å². The molecule has 4 heteroatoms. The lowest BCUT2D eigenvalue weighted by Crippen LogP contribution is -2.28. The molecule has 0 radical (unpaired) electrons. The van der Waals surface area contributed by atoms with Gasteiger partial charge >= 0.3 is 0 Å². The highest BCUT2D eigenvalue weighted by Gasteiger charge is 2.10. The normalized spacial score (nSPS) is 12.1.